The molecule has 0 aliphatic rings. The minimum Gasteiger partial charge on any atom is -0.480 e. The van der Waals surface area contributed by atoms with Crippen molar-refractivity contribution in [2.45, 2.75) is 13.0 Å². The Hall–Kier alpha value is -1.69. The molecule has 17 heavy (non-hydrogen) atoms. The molecule has 1 aromatic rings. The summed E-state index contributed by atoms with van der Waals surface area (Å²) in [6.45, 7) is 1.90. The topological polar surface area (TPSA) is 78.4 Å². The summed E-state index contributed by atoms with van der Waals surface area (Å²) in [7, 11) is 0. The molecular weight excluding hydrogens is 240 g/mol. The number of urea groups is 1. The third kappa shape index (κ3) is 4.36. The molecule has 0 heterocycles. The van der Waals surface area contributed by atoms with Crippen LogP contribution in [0.1, 0.15) is 5.56 Å². The Morgan fingerprint density at radius 1 is 1.47 bits per heavy atom. The minimum atomic E-state index is -1.11. The lowest BCUT2D eigenvalue weighted by Crippen LogP contribution is -2.44. The summed E-state index contributed by atoms with van der Waals surface area (Å²) in [5.41, 5.74) is 1.62. The van der Waals surface area contributed by atoms with Crippen LogP contribution in [0.4, 0.5) is 10.5 Å². The number of nitrogens with one attached hydrogen (secondary N) is 2. The first-order valence-corrected chi connectivity index (χ1v) is 5.64. The molecule has 1 atom stereocenters. The van der Waals surface area contributed by atoms with Crippen molar-refractivity contribution in [2.75, 3.05) is 11.1 Å². The van der Waals surface area contributed by atoms with Crippen LogP contribution in [0.15, 0.2) is 24.3 Å². The first kappa shape index (κ1) is 13.4. The zero-order valence-electron chi connectivity index (χ0n) is 9.30. The second kappa shape index (κ2) is 6.15. The quantitative estimate of drug-likeness (QED) is 0.615. The van der Waals surface area contributed by atoms with Gasteiger partial charge < -0.3 is 15.7 Å². The highest BCUT2D eigenvalue weighted by Crippen LogP contribution is 2.09. The summed E-state index contributed by atoms with van der Waals surface area (Å²) in [6, 6.07) is 5.66. The van der Waals surface area contributed by atoms with Crippen LogP contribution >= 0.6 is 12.6 Å². The van der Waals surface area contributed by atoms with Gasteiger partial charge in [-0.15, -0.1) is 0 Å². The van der Waals surface area contributed by atoms with Crippen molar-refractivity contribution in [2.24, 2.45) is 0 Å². The van der Waals surface area contributed by atoms with Crippen LogP contribution in [0, 0.1) is 6.92 Å². The van der Waals surface area contributed by atoms with Crippen LogP contribution in [-0.4, -0.2) is 28.9 Å². The third-order valence-electron chi connectivity index (χ3n) is 2.06. The van der Waals surface area contributed by atoms with Crippen LogP contribution < -0.4 is 10.6 Å². The molecule has 0 aliphatic heterocycles. The number of carbonyl (C=O) groups is 2. The normalized spacial score (nSPS) is 11.6. The number of amides is 2. The van der Waals surface area contributed by atoms with Gasteiger partial charge in [-0.2, -0.15) is 12.6 Å². The highest BCUT2D eigenvalue weighted by atomic mass is 32.1. The number of aliphatic carboxylic acids is 1. The number of carbonyl (C=O) groups excluding carboxylic acids is 1. The van der Waals surface area contributed by atoms with Crippen LogP contribution in [0.3, 0.4) is 0 Å². The zero-order chi connectivity index (χ0) is 12.8. The molecule has 2 amide bonds. The van der Waals surface area contributed by atoms with Crippen LogP contribution in [0.25, 0.3) is 0 Å². The molecule has 0 fully saturated rings. The second-order valence-electron chi connectivity index (χ2n) is 3.54. The number of anilines is 1. The molecule has 0 bridgehead atoms. The molecule has 0 aromatic heterocycles. The molecule has 0 saturated carbocycles. The van der Waals surface area contributed by atoms with E-state index in [2.05, 4.69) is 23.3 Å². The van der Waals surface area contributed by atoms with Crippen LogP contribution in [0.2, 0.25) is 0 Å². The van der Waals surface area contributed by atoms with Gasteiger partial charge in [0.05, 0.1) is 0 Å². The number of hydrogen-bond acceptors (Lipinski definition) is 3. The molecule has 0 spiro atoms. The summed E-state index contributed by atoms with van der Waals surface area (Å²) in [6.07, 6.45) is 0. The van der Waals surface area contributed by atoms with E-state index in [0.717, 1.165) is 5.56 Å². The molecule has 92 valence electrons. The standard InChI is InChI=1S/C11H14N2O3S/c1-7-3-2-4-8(5-7)12-11(16)13-9(6-17)10(14)15/h2-5,9,17H,6H2,1H3,(H,14,15)(H2,12,13,16). The van der Waals surface area contributed by atoms with Gasteiger partial charge in [-0.05, 0) is 24.6 Å². The van der Waals surface area contributed by atoms with Gasteiger partial charge in [-0.25, -0.2) is 9.59 Å². The lowest BCUT2D eigenvalue weighted by Gasteiger charge is -2.13. The first-order chi connectivity index (χ1) is 8.02. The maximum atomic E-state index is 11.5. The Bertz CT molecular complexity index is 423. The number of hydrogen-bond donors (Lipinski definition) is 4. The van der Waals surface area contributed by atoms with Gasteiger partial charge in [-0.1, -0.05) is 12.1 Å². The number of thiol groups is 1. The van der Waals surface area contributed by atoms with Crippen molar-refractivity contribution in [1.29, 1.82) is 0 Å². The molecule has 0 saturated heterocycles. The molecule has 0 aliphatic carbocycles. The van der Waals surface area contributed by atoms with Gasteiger partial charge in [0.25, 0.3) is 0 Å². The van der Waals surface area contributed by atoms with E-state index in [0.29, 0.717) is 5.69 Å². The number of rotatable bonds is 4. The second-order valence-corrected chi connectivity index (χ2v) is 3.91. The molecule has 1 rings (SSSR count). The Balaban J connectivity index is 2.58. The van der Waals surface area contributed by atoms with Crippen molar-refractivity contribution in [3.8, 4) is 0 Å². The Kier molecular flexibility index (Phi) is 4.84. The van der Waals surface area contributed by atoms with Crippen molar-refractivity contribution in [3.63, 3.8) is 0 Å². The van der Waals surface area contributed by atoms with Gasteiger partial charge in [-0.3, -0.25) is 0 Å². The summed E-state index contributed by atoms with van der Waals surface area (Å²) in [5, 5.41) is 13.6. The number of aryl methyl sites for hydroxylation is 1. The largest absolute Gasteiger partial charge is 0.480 e. The van der Waals surface area contributed by atoms with Gasteiger partial charge in [0.1, 0.15) is 6.04 Å². The average Bonchev–Trinajstić information content (AvgIpc) is 2.25. The molecular formula is C11H14N2O3S. The van der Waals surface area contributed by atoms with E-state index < -0.39 is 18.0 Å². The fourth-order valence-corrected chi connectivity index (χ4v) is 1.48. The van der Waals surface area contributed by atoms with Gasteiger partial charge >= 0.3 is 12.0 Å². The lowest BCUT2D eigenvalue weighted by atomic mass is 10.2. The van der Waals surface area contributed by atoms with E-state index in [4.69, 9.17) is 5.11 Å². The summed E-state index contributed by atoms with van der Waals surface area (Å²) in [5.74, 6) is -1.07. The van der Waals surface area contributed by atoms with Crippen molar-refractivity contribution >= 4 is 30.3 Å². The molecule has 1 aromatic carbocycles. The molecule has 5 nitrogen and oxygen atoms in total. The van der Waals surface area contributed by atoms with Gasteiger partial charge in [0.15, 0.2) is 0 Å². The van der Waals surface area contributed by atoms with Crippen molar-refractivity contribution in [1.82, 2.24) is 5.32 Å². The van der Waals surface area contributed by atoms with E-state index in [1.54, 1.807) is 18.2 Å². The van der Waals surface area contributed by atoms with E-state index in [-0.39, 0.29) is 5.75 Å². The highest BCUT2D eigenvalue weighted by molar-refractivity contribution is 7.80. The Morgan fingerprint density at radius 2 is 2.18 bits per heavy atom. The fourth-order valence-electron chi connectivity index (χ4n) is 1.23. The minimum absolute atomic E-state index is 0.0383. The summed E-state index contributed by atoms with van der Waals surface area (Å²) >= 11 is 3.85. The van der Waals surface area contributed by atoms with Crippen molar-refractivity contribution in [3.05, 3.63) is 29.8 Å². The molecule has 6 heteroatoms. The monoisotopic (exact) mass is 254 g/mol. The van der Waals surface area contributed by atoms with E-state index in [1.807, 2.05) is 13.0 Å². The lowest BCUT2D eigenvalue weighted by molar-refractivity contribution is -0.138. The summed E-state index contributed by atoms with van der Waals surface area (Å²) < 4.78 is 0. The zero-order valence-corrected chi connectivity index (χ0v) is 10.2. The smallest absolute Gasteiger partial charge is 0.327 e. The van der Waals surface area contributed by atoms with E-state index >= 15 is 0 Å². The van der Waals surface area contributed by atoms with Gasteiger partial charge in [0, 0.05) is 11.4 Å². The molecule has 0 radical (unpaired) electrons. The Labute approximate surface area is 105 Å². The number of benzene rings is 1. The van der Waals surface area contributed by atoms with Gasteiger partial charge in [0.2, 0.25) is 0 Å². The fraction of sp³-hybridized carbons (Fsp3) is 0.273. The number of carboxylic acid groups (broad SMARTS) is 1. The SMILES string of the molecule is Cc1cccc(NC(=O)NC(CS)C(=O)O)c1. The average molecular weight is 254 g/mol. The third-order valence-corrected chi connectivity index (χ3v) is 2.43. The maximum Gasteiger partial charge on any atom is 0.327 e. The van der Waals surface area contributed by atoms with E-state index in [9.17, 15) is 9.59 Å². The molecule has 1 unspecified atom stereocenters. The predicted molar refractivity (Wildman–Crippen MR) is 68.6 cm³/mol. The Morgan fingerprint density at radius 3 is 2.71 bits per heavy atom. The van der Waals surface area contributed by atoms with Crippen molar-refractivity contribution < 1.29 is 14.7 Å². The highest BCUT2D eigenvalue weighted by Gasteiger charge is 2.17. The first-order valence-electron chi connectivity index (χ1n) is 5.01. The predicted octanol–water partition coefficient (Wildman–Crippen LogP) is 1.50. The van der Waals surface area contributed by atoms with Crippen LogP contribution in [0.5, 0.6) is 0 Å². The maximum absolute atomic E-state index is 11.5. The number of carboxylic acids is 1. The van der Waals surface area contributed by atoms with Crippen LogP contribution in [-0.2, 0) is 4.79 Å². The summed E-state index contributed by atoms with van der Waals surface area (Å²) in [4.78, 5) is 22.2. The van der Waals surface area contributed by atoms with E-state index in [1.165, 1.54) is 0 Å². The molecule has 3 N–H and O–H groups in total.